The number of carboxylic acids is 1. The van der Waals surface area contributed by atoms with E-state index in [0.29, 0.717) is 0 Å². The molecule has 1 aromatic carbocycles. The number of anilines is 1. The van der Waals surface area contributed by atoms with Crippen LogP contribution in [-0.4, -0.2) is 36.1 Å². The molecule has 7 nitrogen and oxygen atoms in total. The first-order chi connectivity index (χ1) is 12.1. The van der Waals surface area contributed by atoms with E-state index in [1.807, 2.05) is 0 Å². The van der Waals surface area contributed by atoms with Crippen molar-refractivity contribution in [2.75, 3.05) is 19.0 Å². The summed E-state index contributed by atoms with van der Waals surface area (Å²) in [6.07, 6.45) is -4.03. The third-order valence-corrected chi connectivity index (χ3v) is 3.40. The van der Waals surface area contributed by atoms with Crippen molar-refractivity contribution in [2.45, 2.75) is 18.6 Å². The lowest BCUT2D eigenvalue weighted by molar-refractivity contribution is -0.138. The number of nitrogens with one attached hydrogen (secondary N) is 1. The molecule has 2 N–H and O–H groups in total. The normalized spacial score (nSPS) is 12.5. The third-order valence-electron chi connectivity index (χ3n) is 3.40. The molecule has 1 amide bonds. The Morgan fingerprint density at radius 2 is 2.04 bits per heavy atom. The van der Waals surface area contributed by atoms with Crippen molar-refractivity contribution in [2.24, 2.45) is 0 Å². The van der Waals surface area contributed by atoms with Crippen LogP contribution < -0.4 is 10.2 Å². The molecule has 0 spiro atoms. The molecule has 1 unspecified atom stereocenters. The lowest BCUT2D eigenvalue weighted by Crippen LogP contribution is -2.30. The van der Waals surface area contributed by atoms with E-state index in [4.69, 9.17) is 9.52 Å². The Morgan fingerprint density at radius 3 is 2.58 bits per heavy atom. The molecule has 0 aliphatic heterocycles. The first-order valence-corrected chi connectivity index (χ1v) is 7.41. The van der Waals surface area contributed by atoms with Crippen LogP contribution in [0.25, 0.3) is 0 Å². The van der Waals surface area contributed by atoms with Gasteiger partial charge < -0.3 is 19.7 Å². The number of carbonyl (C=O) groups excluding carboxylic acids is 1. The van der Waals surface area contributed by atoms with Gasteiger partial charge in [-0.05, 0) is 17.7 Å². The minimum absolute atomic E-state index is 0.0166. The van der Waals surface area contributed by atoms with Crippen LogP contribution in [0.15, 0.2) is 34.9 Å². The van der Waals surface area contributed by atoms with Crippen molar-refractivity contribution < 1.29 is 32.3 Å². The second-order valence-electron chi connectivity index (χ2n) is 5.65. The number of hydrogen-bond acceptors (Lipinski definition) is 5. The zero-order chi connectivity index (χ0) is 19.5. The molecule has 0 radical (unpaired) electrons. The number of carboxylic acid groups (broad SMARTS) is 1. The summed E-state index contributed by atoms with van der Waals surface area (Å²) in [5, 5.41) is 11.4. The third kappa shape index (κ3) is 4.74. The quantitative estimate of drug-likeness (QED) is 0.811. The summed E-state index contributed by atoms with van der Waals surface area (Å²) in [6, 6.07) is 3.12. The van der Waals surface area contributed by atoms with Crippen LogP contribution in [0, 0.1) is 0 Å². The molecule has 2 rings (SSSR count). The first-order valence-electron chi connectivity index (χ1n) is 7.41. The summed E-state index contributed by atoms with van der Waals surface area (Å²) >= 11 is 0. The maximum Gasteiger partial charge on any atom is 0.416 e. The largest absolute Gasteiger partial charge is 0.481 e. The van der Waals surface area contributed by atoms with Gasteiger partial charge in [-0.3, -0.25) is 9.59 Å². The van der Waals surface area contributed by atoms with Gasteiger partial charge in [0.25, 0.3) is 11.9 Å². The fourth-order valence-electron chi connectivity index (χ4n) is 2.16. The molecule has 0 aliphatic carbocycles. The number of aromatic nitrogens is 1. The average Bonchev–Trinajstić information content (AvgIpc) is 3.03. The number of hydrogen-bond donors (Lipinski definition) is 2. The van der Waals surface area contributed by atoms with Crippen LogP contribution in [-0.2, 0) is 11.0 Å². The predicted molar refractivity (Wildman–Crippen MR) is 84.7 cm³/mol. The molecule has 1 heterocycles. The fraction of sp³-hybridized carbons (Fsp3) is 0.312. The number of benzene rings is 1. The average molecular weight is 371 g/mol. The Kier molecular flexibility index (Phi) is 5.53. The molecule has 0 fully saturated rings. The van der Waals surface area contributed by atoms with Crippen LogP contribution in [0.2, 0.25) is 0 Å². The minimum Gasteiger partial charge on any atom is -0.481 e. The fourth-order valence-corrected chi connectivity index (χ4v) is 2.16. The van der Waals surface area contributed by atoms with Gasteiger partial charge in [-0.2, -0.15) is 13.2 Å². The number of alkyl halides is 3. The van der Waals surface area contributed by atoms with Gasteiger partial charge >= 0.3 is 12.1 Å². The smallest absolute Gasteiger partial charge is 0.416 e. The Hall–Kier alpha value is -3.04. The van der Waals surface area contributed by atoms with Gasteiger partial charge in [0, 0.05) is 14.1 Å². The van der Waals surface area contributed by atoms with Crippen molar-refractivity contribution in [1.82, 2.24) is 10.3 Å². The van der Waals surface area contributed by atoms with Crippen molar-refractivity contribution in [3.05, 3.63) is 47.3 Å². The molecule has 2 aromatic rings. The second kappa shape index (κ2) is 7.46. The lowest BCUT2D eigenvalue weighted by Gasteiger charge is -2.18. The summed E-state index contributed by atoms with van der Waals surface area (Å²) in [5.41, 5.74) is -0.919. The molecule has 140 valence electrons. The minimum atomic E-state index is -4.58. The molecule has 0 saturated carbocycles. The summed E-state index contributed by atoms with van der Waals surface area (Å²) in [4.78, 5) is 28.7. The monoisotopic (exact) mass is 371 g/mol. The van der Waals surface area contributed by atoms with Gasteiger partial charge in [0.1, 0.15) is 0 Å². The molecule has 0 aliphatic rings. The van der Waals surface area contributed by atoms with E-state index in [-0.39, 0.29) is 17.3 Å². The van der Waals surface area contributed by atoms with Crippen molar-refractivity contribution in [1.29, 1.82) is 0 Å². The molecule has 26 heavy (non-hydrogen) atoms. The van der Waals surface area contributed by atoms with E-state index in [9.17, 15) is 22.8 Å². The summed E-state index contributed by atoms with van der Waals surface area (Å²) < 4.78 is 43.8. The first kappa shape index (κ1) is 19.3. The maximum atomic E-state index is 12.9. The van der Waals surface area contributed by atoms with E-state index in [1.165, 1.54) is 11.0 Å². The van der Waals surface area contributed by atoms with E-state index >= 15 is 0 Å². The number of carbonyl (C=O) groups is 2. The van der Waals surface area contributed by atoms with Crippen LogP contribution in [0.4, 0.5) is 19.2 Å². The highest BCUT2D eigenvalue weighted by molar-refractivity contribution is 5.92. The van der Waals surface area contributed by atoms with Gasteiger partial charge in [0.05, 0.1) is 24.2 Å². The molecule has 10 heteroatoms. The van der Waals surface area contributed by atoms with Crippen molar-refractivity contribution >= 4 is 17.9 Å². The van der Waals surface area contributed by atoms with Crippen LogP contribution in [0.3, 0.4) is 0 Å². The Balaban J connectivity index is 2.27. The van der Waals surface area contributed by atoms with E-state index < -0.39 is 36.1 Å². The summed E-state index contributed by atoms with van der Waals surface area (Å²) in [7, 11) is 3.28. The molecule has 1 aromatic heterocycles. The van der Waals surface area contributed by atoms with Gasteiger partial charge in [-0.15, -0.1) is 0 Å². The standard InChI is InChI=1S/C16H16F3N3O4/c1-22(2)15-20-8-12(26-15)14(25)21-11(7-13(23)24)9-4-3-5-10(6-9)16(17,18)19/h3-6,8,11H,7H2,1-2H3,(H,21,25)(H,23,24). The topological polar surface area (TPSA) is 95.7 Å². The van der Waals surface area contributed by atoms with Gasteiger partial charge in [0.15, 0.2) is 0 Å². The number of oxazole rings is 1. The molecule has 1 atom stereocenters. The predicted octanol–water partition coefficient (Wildman–Crippen LogP) is 2.71. The van der Waals surface area contributed by atoms with Crippen LogP contribution >= 0.6 is 0 Å². The number of nitrogens with zero attached hydrogens (tertiary/aromatic N) is 2. The number of aliphatic carboxylic acids is 1. The van der Waals surface area contributed by atoms with Crippen molar-refractivity contribution in [3.8, 4) is 0 Å². The molecule has 0 saturated heterocycles. The van der Waals surface area contributed by atoms with E-state index in [0.717, 1.165) is 24.4 Å². The second-order valence-corrected chi connectivity index (χ2v) is 5.65. The Bertz CT molecular complexity index is 802. The number of amides is 1. The molecule has 0 bridgehead atoms. The van der Waals surface area contributed by atoms with Gasteiger partial charge in [0.2, 0.25) is 5.76 Å². The Morgan fingerprint density at radius 1 is 1.35 bits per heavy atom. The molecular weight excluding hydrogens is 355 g/mol. The summed E-state index contributed by atoms with van der Waals surface area (Å²) in [6.45, 7) is 0. The Labute approximate surface area is 146 Å². The van der Waals surface area contributed by atoms with Gasteiger partial charge in [-0.25, -0.2) is 4.98 Å². The lowest BCUT2D eigenvalue weighted by atomic mass is 10.0. The maximum absolute atomic E-state index is 12.9. The van der Waals surface area contributed by atoms with Crippen LogP contribution in [0.5, 0.6) is 0 Å². The number of rotatable bonds is 6. The highest BCUT2D eigenvalue weighted by Crippen LogP contribution is 2.31. The highest BCUT2D eigenvalue weighted by Gasteiger charge is 2.31. The zero-order valence-corrected chi connectivity index (χ0v) is 13.9. The zero-order valence-electron chi connectivity index (χ0n) is 13.9. The van der Waals surface area contributed by atoms with E-state index in [1.54, 1.807) is 14.1 Å². The van der Waals surface area contributed by atoms with E-state index in [2.05, 4.69) is 10.3 Å². The number of halogens is 3. The SMILES string of the molecule is CN(C)c1ncc(C(=O)NC(CC(=O)O)c2cccc(C(F)(F)F)c2)o1. The summed E-state index contributed by atoms with van der Waals surface area (Å²) in [5.74, 6) is -2.25. The van der Waals surface area contributed by atoms with Crippen molar-refractivity contribution in [3.63, 3.8) is 0 Å². The van der Waals surface area contributed by atoms with Gasteiger partial charge in [-0.1, -0.05) is 12.1 Å². The molecular formula is C16H16F3N3O4. The van der Waals surface area contributed by atoms with Crippen LogP contribution in [0.1, 0.15) is 34.1 Å². The highest BCUT2D eigenvalue weighted by atomic mass is 19.4.